The zero-order chi connectivity index (χ0) is 28.6. The van der Waals surface area contributed by atoms with Gasteiger partial charge in [0.1, 0.15) is 29.8 Å². The highest BCUT2D eigenvalue weighted by molar-refractivity contribution is 7.09. The van der Waals surface area contributed by atoms with Crippen LogP contribution in [0.3, 0.4) is 0 Å². The number of piperidine rings is 1. The molecule has 40 heavy (non-hydrogen) atoms. The number of hydrogen-bond acceptors (Lipinski definition) is 7. The number of thiazole rings is 1. The van der Waals surface area contributed by atoms with Crippen molar-refractivity contribution in [3.8, 4) is 6.07 Å². The molecule has 3 aromatic rings. The van der Waals surface area contributed by atoms with Gasteiger partial charge in [0.05, 0.1) is 27.5 Å². The van der Waals surface area contributed by atoms with Gasteiger partial charge in [0.2, 0.25) is 5.91 Å². The molecule has 1 aromatic carbocycles. The molecule has 208 valence electrons. The van der Waals surface area contributed by atoms with E-state index in [1.807, 2.05) is 0 Å². The van der Waals surface area contributed by atoms with E-state index in [4.69, 9.17) is 10.1 Å². The molecule has 8 nitrogen and oxygen atoms in total. The number of carbonyl (C=O) groups excluding carboxylic acids is 1. The molecule has 0 aliphatic carbocycles. The molecule has 14 heteroatoms. The number of amides is 1. The normalized spacial score (nSPS) is 17.9. The standard InChI is InChI=1S/C26H20F5N5O3S/c27-17-2-1-3-18(28)23(17)19-9-21(39-34-19)20-13-40-24(33-20)14-4-6-35(7-5-14)22(37)12-36-11-16(26(29,30)31)8-15(10-32)25(36)38/h1-3,8,11,13-14,21H,4-7,9,12H2. The molecular weight excluding hydrogens is 557 g/mol. The summed E-state index contributed by atoms with van der Waals surface area (Å²) >= 11 is 1.39. The van der Waals surface area contributed by atoms with Crippen molar-refractivity contribution >= 4 is 23.0 Å². The van der Waals surface area contributed by atoms with Crippen molar-refractivity contribution in [2.75, 3.05) is 13.1 Å². The van der Waals surface area contributed by atoms with E-state index in [2.05, 4.69) is 10.1 Å². The fraction of sp³-hybridized carbons (Fsp3) is 0.346. The highest BCUT2D eigenvalue weighted by atomic mass is 32.1. The van der Waals surface area contributed by atoms with Crippen LogP contribution in [0.1, 0.15) is 58.7 Å². The molecule has 4 heterocycles. The minimum atomic E-state index is -4.78. The zero-order valence-corrected chi connectivity index (χ0v) is 21.4. The van der Waals surface area contributed by atoms with Gasteiger partial charge in [-0.15, -0.1) is 11.3 Å². The monoisotopic (exact) mass is 577 g/mol. The predicted octanol–water partition coefficient (Wildman–Crippen LogP) is 4.75. The molecule has 0 saturated carbocycles. The largest absolute Gasteiger partial charge is 0.417 e. The first-order valence-corrected chi connectivity index (χ1v) is 13.0. The summed E-state index contributed by atoms with van der Waals surface area (Å²) in [4.78, 5) is 36.6. The van der Waals surface area contributed by atoms with Crippen LogP contribution >= 0.6 is 11.3 Å². The van der Waals surface area contributed by atoms with Crippen molar-refractivity contribution in [2.45, 2.75) is 44.0 Å². The van der Waals surface area contributed by atoms with E-state index in [9.17, 15) is 31.5 Å². The number of pyridine rings is 1. The van der Waals surface area contributed by atoms with Gasteiger partial charge in [0.15, 0.2) is 6.10 Å². The average molecular weight is 578 g/mol. The maximum absolute atomic E-state index is 14.1. The van der Waals surface area contributed by atoms with E-state index in [0.29, 0.717) is 48.5 Å². The molecule has 1 saturated heterocycles. The lowest BCUT2D eigenvalue weighted by atomic mass is 9.97. The summed E-state index contributed by atoms with van der Waals surface area (Å²) in [6.07, 6.45) is -3.60. The summed E-state index contributed by atoms with van der Waals surface area (Å²) in [5, 5.41) is 15.5. The Labute approximate surface area is 227 Å². The Kier molecular flexibility index (Phi) is 7.41. The summed E-state index contributed by atoms with van der Waals surface area (Å²) in [5.74, 6) is -1.98. The zero-order valence-electron chi connectivity index (χ0n) is 20.6. The molecule has 1 unspecified atom stereocenters. The third-order valence-electron chi connectivity index (χ3n) is 6.83. The van der Waals surface area contributed by atoms with Gasteiger partial charge in [-0.25, -0.2) is 13.8 Å². The van der Waals surface area contributed by atoms with Crippen molar-refractivity contribution in [3.05, 3.63) is 85.2 Å². The molecule has 2 aliphatic heterocycles. The van der Waals surface area contributed by atoms with Gasteiger partial charge in [-0.05, 0) is 31.0 Å². The molecule has 0 spiro atoms. The number of aromatic nitrogens is 2. The number of rotatable bonds is 5. The minimum Gasteiger partial charge on any atom is -0.385 e. The van der Waals surface area contributed by atoms with Crippen LogP contribution in [0.4, 0.5) is 22.0 Å². The number of carbonyl (C=O) groups is 1. The highest BCUT2D eigenvalue weighted by Gasteiger charge is 2.34. The molecule has 1 amide bonds. The fourth-order valence-corrected chi connectivity index (χ4v) is 5.74. The number of benzene rings is 1. The minimum absolute atomic E-state index is 0.00933. The third kappa shape index (κ3) is 5.46. The van der Waals surface area contributed by atoms with E-state index < -0.39 is 53.1 Å². The van der Waals surface area contributed by atoms with Gasteiger partial charge < -0.3 is 14.3 Å². The summed E-state index contributed by atoms with van der Waals surface area (Å²) in [5.41, 5.74) is -2.34. The van der Waals surface area contributed by atoms with Crippen molar-refractivity contribution < 1.29 is 31.6 Å². The Morgan fingerprint density at radius 3 is 2.55 bits per heavy atom. The van der Waals surface area contributed by atoms with Crippen LogP contribution in [0.25, 0.3) is 0 Å². The Balaban J connectivity index is 1.20. The first-order chi connectivity index (χ1) is 19.0. The van der Waals surface area contributed by atoms with Gasteiger partial charge in [0, 0.05) is 37.0 Å². The lowest BCUT2D eigenvalue weighted by molar-refractivity contribution is -0.139. The van der Waals surface area contributed by atoms with Crippen LogP contribution in [0.2, 0.25) is 0 Å². The molecule has 1 fully saturated rings. The maximum atomic E-state index is 14.1. The smallest absolute Gasteiger partial charge is 0.385 e. The second kappa shape index (κ2) is 10.8. The Morgan fingerprint density at radius 1 is 1.20 bits per heavy atom. The highest BCUT2D eigenvalue weighted by Crippen LogP contribution is 2.36. The van der Waals surface area contributed by atoms with Gasteiger partial charge in [-0.2, -0.15) is 18.4 Å². The van der Waals surface area contributed by atoms with Crippen LogP contribution < -0.4 is 5.56 Å². The molecule has 2 aromatic heterocycles. The summed E-state index contributed by atoms with van der Waals surface area (Å²) in [6, 6.07) is 5.48. The molecule has 5 rings (SSSR count). The number of alkyl halides is 3. The Morgan fingerprint density at radius 2 is 1.90 bits per heavy atom. The van der Waals surface area contributed by atoms with Crippen molar-refractivity contribution in [1.82, 2.24) is 14.5 Å². The van der Waals surface area contributed by atoms with Crippen molar-refractivity contribution in [2.24, 2.45) is 5.16 Å². The first kappa shape index (κ1) is 27.4. The van der Waals surface area contributed by atoms with Gasteiger partial charge >= 0.3 is 6.18 Å². The Hall–Kier alpha value is -4.12. The van der Waals surface area contributed by atoms with E-state index in [1.54, 1.807) is 5.38 Å². The van der Waals surface area contributed by atoms with E-state index in [0.717, 1.165) is 17.1 Å². The second-order valence-electron chi connectivity index (χ2n) is 9.38. The van der Waals surface area contributed by atoms with Gasteiger partial charge in [0.25, 0.3) is 5.56 Å². The number of nitriles is 1. The van der Waals surface area contributed by atoms with E-state index in [-0.39, 0.29) is 23.6 Å². The summed E-state index contributed by atoms with van der Waals surface area (Å²) < 4.78 is 68.4. The van der Waals surface area contributed by atoms with Gasteiger partial charge in [-0.1, -0.05) is 11.2 Å². The third-order valence-corrected chi connectivity index (χ3v) is 7.85. The lowest BCUT2D eigenvalue weighted by Gasteiger charge is -2.31. The second-order valence-corrected chi connectivity index (χ2v) is 10.3. The molecule has 2 aliphatic rings. The number of nitrogens with zero attached hydrogens (tertiary/aromatic N) is 5. The summed E-state index contributed by atoms with van der Waals surface area (Å²) in [7, 11) is 0. The number of likely N-dealkylation sites (tertiary alicyclic amines) is 1. The molecule has 1 atom stereocenters. The molecule has 0 N–H and O–H groups in total. The van der Waals surface area contributed by atoms with Crippen LogP contribution in [0.5, 0.6) is 0 Å². The van der Waals surface area contributed by atoms with E-state index in [1.165, 1.54) is 28.4 Å². The SMILES string of the molecule is N#Cc1cc(C(F)(F)F)cn(CC(=O)N2CCC(c3nc(C4CC(c5c(F)cccc5F)=NO4)cs3)CC2)c1=O. The molecule has 0 bridgehead atoms. The van der Waals surface area contributed by atoms with Crippen LogP contribution in [0.15, 0.2) is 45.8 Å². The average Bonchev–Trinajstić information content (AvgIpc) is 3.60. The van der Waals surface area contributed by atoms with Crippen LogP contribution in [-0.4, -0.2) is 39.2 Å². The number of oxime groups is 1. The van der Waals surface area contributed by atoms with E-state index >= 15 is 0 Å². The first-order valence-electron chi connectivity index (χ1n) is 12.2. The Bertz CT molecular complexity index is 1560. The topological polar surface area (TPSA) is 101 Å². The fourth-order valence-electron chi connectivity index (χ4n) is 4.70. The summed E-state index contributed by atoms with van der Waals surface area (Å²) in [6.45, 7) is -0.0125. The number of halogens is 5. The van der Waals surface area contributed by atoms with Crippen molar-refractivity contribution in [3.63, 3.8) is 0 Å². The molecule has 0 radical (unpaired) electrons. The quantitative estimate of drug-likeness (QED) is 0.408. The maximum Gasteiger partial charge on any atom is 0.417 e. The number of hydrogen-bond donors (Lipinski definition) is 0. The van der Waals surface area contributed by atoms with Crippen LogP contribution in [0, 0.1) is 23.0 Å². The van der Waals surface area contributed by atoms with Crippen molar-refractivity contribution in [1.29, 1.82) is 5.26 Å². The molecular formula is C26H20F5N5O3S. The predicted molar refractivity (Wildman–Crippen MR) is 132 cm³/mol. The lowest BCUT2D eigenvalue weighted by Crippen LogP contribution is -2.41. The van der Waals surface area contributed by atoms with Crippen LogP contribution in [-0.2, 0) is 22.4 Å². The van der Waals surface area contributed by atoms with Gasteiger partial charge in [-0.3, -0.25) is 9.59 Å².